The Bertz CT molecular complexity index is 1280. The zero-order chi connectivity index (χ0) is 24.6. The highest BCUT2D eigenvalue weighted by molar-refractivity contribution is 8.15. The first-order chi connectivity index (χ1) is 16.8. The molecule has 10 heteroatoms. The number of amides is 1. The van der Waals surface area contributed by atoms with Crippen LogP contribution in [0.15, 0.2) is 41.4 Å². The predicted molar refractivity (Wildman–Crippen MR) is 133 cm³/mol. The number of ether oxygens (including phenoxy) is 1. The van der Waals surface area contributed by atoms with Gasteiger partial charge in [-0.05, 0) is 55.1 Å². The number of carbonyl (C=O) groups excluding carboxylic acids is 1. The number of hydrogen-bond donors (Lipinski definition) is 1. The maximum atomic E-state index is 15.1. The van der Waals surface area contributed by atoms with Crippen LogP contribution in [0.5, 0.6) is 0 Å². The van der Waals surface area contributed by atoms with Gasteiger partial charge in [0.1, 0.15) is 18.0 Å². The van der Waals surface area contributed by atoms with Gasteiger partial charge in [-0.1, -0.05) is 23.8 Å². The fraction of sp³-hybridized carbons (Fsp3) is 0.400. The molecule has 2 aromatic rings. The Balaban J connectivity index is 1.45. The van der Waals surface area contributed by atoms with Crippen molar-refractivity contribution < 1.29 is 18.3 Å². The smallest absolute Gasteiger partial charge is 0.246 e. The number of morpholine rings is 1. The fourth-order valence-electron chi connectivity index (χ4n) is 4.69. The Hall–Kier alpha value is -2.74. The van der Waals surface area contributed by atoms with Crippen molar-refractivity contribution in [3.63, 3.8) is 0 Å². The van der Waals surface area contributed by atoms with E-state index in [4.69, 9.17) is 10.5 Å². The van der Waals surface area contributed by atoms with Crippen LogP contribution in [0.1, 0.15) is 28.1 Å². The van der Waals surface area contributed by atoms with E-state index < -0.39 is 22.8 Å². The molecule has 0 unspecified atom stereocenters. The minimum Gasteiger partial charge on any atom is -0.378 e. The molecule has 2 aliphatic heterocycles. The lowest BCUT2D eigenvalue weighted by Gasteiger charge is -2.34. The van der Waals surface area contributed by atoms with Crippen LogP contribution >= 0.6 is 23.3 Å². The van der Waals surface area contributed by atoms with Gasteiger partial charge in [0.05, 0.1) is 23.8 Å². The summed E-state index contributed by atoms with van der Waals surface area (Å²) >= 11 is 2.59. The molecule has 3 atom stereocenters. The summed E-state index contributed by atoms with van der Waals surface area (Å²) in [6.45, 7) is 3.06. The minimum absolute atomic E-state index is 0.123. The highest BCUT2D eigenvalue weighted by Crippen LogP contribution is 2.66. The van der Waals surface area contributed by atoms with Crippen molar-refractivity contribution in [1.82, 2.24) is 9.27 Å². The summed E-state index contributed by atoms with van der Waals surface area (Å²) in [4.78, 5) is 19.6. The number of aliphatic imine (C=N–C) groups is 1. The molecule has 1 saturated heterocycles. The number of aryl methyl sites for hydroxylation is 1. The summed E-state index contributed by atoms with van der Waals surface area (Å²) < 4.78 is 38.8. The molecule has 35 heavy (non-hydrogen) atoms. The van der Waals surface area contributed by atoms with E-state index in [9.17, 15) is 9.18 Å². The quantitative estimate of drug-likeness (QED) is 0.500. The first-order valence-corrected chi connectivity index (χ1v) is 12.9. The molecule has 1 aromatic heterocycles. The third kappa shape index (κ3) is 4.60. The van der Waals surface area contributed by atoms with Gasteiger partial charge < -0.3 is 15.4 Å². The molecule has 2 N–H and O–H groups in total. The molecule has 1 aliphatic carbocycles. The van der Waals surface area contributed by atoms with Gasteiger partial charge in [-0.15, -0.1) is 0 Å². The zero-order valence-corrected chi connectivity index (χ0v) is 20.7. The van der Waals surface area contributed by atoms with Crippen molar-refractivity contribution in [3.05, 3.63) is 63.9 Å². The summed E-state index contributed by atoms with van der Waals surface area (Å²) in [7, 11) is 0. The lowest BCUT2D eigenvalue weighted by Crippen LogP contribution is -2.41. The van der Waals surface area contributed by atoms with E-state index in [1.54, 1.807) is 23.1 Å². The number of nitrogens with zero attached hydrogens (tertiary/aromatic N) is 3. The van der Waals surface area contributed by atoms with E-state index in [0.717, 1.165) is 10.6 Å². The molecule has 1 amide bonds. The Labute approximate surface area is 210 Å². The fourth-order valence-corrected chi connectivity index (χ4v) is 6.63. The minimum atomic E-state index is -1.47. The topological polar surface area (TPSA) is 80.8 Å². The number of nitrogens with two attached hydrogens (primary N) is 1. The van der Waals surface area contributed by atoms with Crippen molar-refractivity contribution in [2.45, 2.75) is 23.6 Å². The van der Waals surface area contributed by atoms with Crippen LogP contribution < -0.4 is 5.73 Å². The van der Waals surface area contributed by atoms with Gasteiger partial charge in [0.2, 0.25) is 5.91 Å². The third-order valence-electron chi connectivity index (χ3n) is 6.56. The molecule has 3 heterocycles. The largest absolute Gasteiger partial charge is 0.378 e. The van der Waals surface area contributed by atoms with Gasteiger partial charge in [-0.3, -0.25) is 4.79 Å². The molecular formula is C25H24F2N4O2S2. The van der Waals surface area contributed by atoms with E-state index in [2.05, 4.69) is 21.2 Å². The number of hydrogen-bond acceptors (Lipinski definition) is 7. The number of fused-ring (bicyclic) bond motifs is 1. The maximum absolute atomic E-state index is 15.1. The molecule has 0 spiro atoms. The van der Waals surface area contributed by atoms with Gasteiger partial charge in [0.15, 0.2) is 5.17 Å². The van der Waals surface area contributed by atoms with Crippen LogP contribution in [-0.4, -0.2) is 58.1 Å². The average molecular weight is 515 g/mol. The number of carbonyl (C=O) groups is 1. The summed E-state index contributed by atoms with van der Waals surface area (Å²) in [5, 5.41) is 0.177. The number of benzene rings is 1. The summed E-state index contributed by atoms with van der Waals surface area (Å²) in [5.41, 5.74) is 6.24. The van der Waals surface area contributed by atoms with Gasteiger partial charge in [-0.2, -0.15) is 4.37 Å². The van der Waals surface area contributed by atoms with E-state index in [-0.39, 0.29) is 22.6 Å². The predicted octanol–water partition coefficient (Wildman–Crippen LogP) is 3.39. The molecule has 182 valence electrons. The van der Waals surface area contributed by atoms with Gasteiger partial charge in [0, 0.05) is 41.0 Å². The van der Waals surface area contributed by atoms with Crippen LogP contribution in [0.25, 0.3) is 0 Å². The van der Waals surface area contributed by atoms with Crippen molar-refractivity contribution in [1.29, 1.82) is 0 Å². The van der Waals surface area contributed by atoms with E-state index in [0.29, 0.717) is 38.3 Å². The third-order valence-corrected chi connectivity index (χ3v) is 8.62. The van der Waals surface area contributed by atoms with Crippen LogP contribution in [0.4, 0.5) is 8.78 Å². The first kappa shape index (κ1) is 24.0. The molecular weight excluding hydrogens is 490 g/mol. The summed E-state index contributed by atoms with van der Waals surface area (Å²) in [6, 6.07) is 6.30. The maximum Gasteiger partial charge on any atom is 0.246 e. The SMILES string of the molecule is Cc1cc(C#Cc2ccc(F)c([C@@]3(CF)N=C(N)S[C@@]4(/C=C/C(=O)N5CCOCC5)C[C@H]43)c2)sn1. The zero-order valence-electron chi connectivity index (χ0n) is 19.1. The Morgan fingerprint density at radius 2 is 2.14 bits per heavy atom. The molecule has 0 radical (unpaired) electrons. The second-order valence-electron chi connectivity index (χ2n) is 8.87. The standard InChI is InChI=1S/C25H24F2N4O2S2/c1-16-12-18(35-30-16)4-2-17-3-5-20(27)19(13-17)25(15-26)21-14-24(21,34-23(28)29-25)7-6-22(32)31-8-10-33-11-9-31/h3,5-7,12-13,21H,8-11,14-15H2,1H3,(H2,28,29)/b7-6+/t21-,24+,25-/m1/s1. The van der Waals surface area contributed by atoms with Crippen LogP contribution in [0.3, 0.4) is 0 Å². The second-order valence-corrected chi connectivity index (χ2v) is 11.1. The van der Waals surface area contributed by atoms with Crippen molar-refractivity contribution in [2.24, 2.45) is 16.6 Å². The van der Waals surface area contributed by atoms with Crippen LogP contribution in [0, 0.1) is 30.5 Å². The molecule has 5 rings (SSSR count). The van der Waals surface area contributed by atoms with Crippen molar-refractivity contribution in [2.75, 3.05) is 33.0 Å². The molecule has 1 aromatic carbocycles. The first-order valence-electron chi connectivity index (χ1n) is 11.3. The molecule has 3 aliphatic rings. The monoisotopic (exact) mass is 514 g/mol. The van der Waals surface area contributed by atoms with Gasteiger partial charge >= 0.3 is 0 Å². The summed E-state index contributed by atoms with van der Waals surface area (Å²) in [6.07, 6.45) is 3.85. The van der Waals surface area contributed by atoms with Crippen molar-refractivity contribution in [3.8, 4) is 11.8 Å². The Morgan fingerprint density at radius 1 is 1.34 bits per heavy atom. The normalized spacial score (nSPS) is 27.7. The number of alkyl halides is 1. The number of halogens is 2. The van der Waals surface area contributed by atoms with E-state index in [1.165, 1.54) is 35.4 Å². The lowest BCUT2D eigenvalue weighted by molar-refractivity contribution is -0.130. The van der Waals surface area contributed by atoms with Crippen LogP contribution in [0.2, 0.25) is 0 Å². The highest BCUT2D eigenvalue weighted by Gasteiger charge is 2.67. The second kappa shape index (κ2) is 9.37. The van der Waals surface area contributed by atoms with Gasteiger partial charge in [0.25, 0.3) is 0 Å². The Morgan fingerprint density at radius 3 is 2.86 bits per heavy atom. The molecule has 1 saturated carbocycles. The van der Waals surface area contributed by atoms with E-state index >= 15 is 4.39 Å². The number of aromatic nitrogens is 1. The molecule has 6 nitrogen and oxygen atoms in total. The number of thioether (sulfide) groups is 1. The summed E-state index contributed by atoms with van der Waals surface area (Å²) in [5.74, 6) is 5.03. The number of amidine groups is 1. The highest BCUT2D eigenvalue weighted by atomic mass is 32.2. The van der Waals surface area contributed by atoms with Crippen LogP contribution in [-0.2, 0) is 15.1 Å². The average Bonchev–Trinajstić information content (AvgIpc) is 3.45. The lowest BCUT2D eigenvalue weighted by atomic mass is 9.84. The molecule has 0 bridgehead atoms. The molecule has 2 fully saturated rings. The van der Waals surface area contributed by atoms with E-state index in [1.807, 2.05) is 13.0 Å². The van der Waals surface area contributed by atoms with Gasteiger partial charge in [-0.25, -0.2) is 13.8 Å². The number of rotatable bonds is 4. The van der Waals surface area contributed by atoms with Crippen molar-refractivity contribution >= 4 is 34.4 Å². The Kier molecular flexibility index (Phi) is 6.42.